The second-order valence-corrected chi connectivity index (χ2v) is 11.1. The number of aliphatic hydroxyl groups is 1. The molecule has 0 aromatic rings. The van der Waals surface area contributed by atoms with E-state index in [1.165, 1.54) is 57.1 Å². The average molecular weight is 402 g/mol. The van der Waals surface area contributed by atoms with Crippen LogP contribution in [0.2, 0.25) is 0 Å². The smallest absolute Gasteiger partial charge is 0.0645 e. The number of rotatable bonds is 4. The summed E-state index contributed by atoms with van der Waals surface area (Å²) in [5.41, 5.74) is 3.85. The van der Waals surface area contributed by atoms with Gasteiger partial charge in [0.15, 0.2) is 0 Å². The van der Waals surface area contributed by atoms with E-state index >= 15 is 0 Å². The van der Waals surface area contributed by atoms with Crippen LogP contribution in [-0.4, -0.2) is 48.0 Å². The summed E-state index contributed by atoms with van der Waals surface area (Å²) in [4.78, 5) is 2.67. The fraction of sp³-hybridized carbons (Fsp3) is 0.846. The quantitative estimate of drug-likeness (QED) is 0.676. The van der Waals surface area contributed by atoms with E-state index in [4.69, 9.17) is 4.74 Å². The van der Waals surface area contributed by atoms with E-state index in [-0.39, 0.29) is 11.6 Å². The molecule has 3 aliphatic carbocycles. The van der Waals surface area contributed by atoms with Gasteiger partial charge in [-0.3, -0.25) is 4.90 Å². The molecule has 3 nitrogen and oxygen atoms in total. The largest absolute Gasteiger partial charge is 0.393 e. The molecule has 1 saturated heterocycles. The Hall–Kier alpha value is -0.640. The molecule has 1 aliphatic heterocycles. The molecule has 0 aromatic carbocycles. The van der Waals surface area contributed by atoms with Crippen LogP contribution < -0.4 is 0 Å². The average Bonchev–Trinajstić information content (AvgIpc) is 3.02. The maximum absolute atomic E-state index is 9.97. The Balaban J connectivity index is 1.41. The van der Waals surface area contributed by atoms with Gasteiger partial charge < -0.3 is 9.84 Å². The molecular weight excluding hydrogens is 358 g/mol. The standard InChI is InChI=1S/C26H43NO2/c1-25(2)19-29-17-16-27(25)15-13-22-11-12-24-21(7-5-14-26(22,24)3)10-9-20-6-4-8-23(28)18-20/h9-10,22-24,28H,4-8,11-19H2,1-3H3/b20-9-,21-10+/t22-,23+,24?,26?/m1/s1. The minimum Gasteiger partial charge on any atom is -0.393 e. The third kappa shape index (κ3) is 4.67. The molecule has 2 unspecified atom stereocenters. The van der Waals surface area contributed by atoms with E-state index < -0.39 is 0 Å². The van der Waals surface area contributed by atoms with Crippen molar-refractivity contribution in [3.05, 3.63) is 23.3 Å². The van der Waals surface area contributed by atoms with E-state index in [0.717, 1.165) is 50.9 Å². The van der Waals surface area contributed by atoms with Gasteiger partial charge in [0, 0.05) is 12.1 Å². The van der Waals surface area contributed by atoms with Crippen molar-refractivity contribution in [2.24, 2.45) is 17.3 Å². The summed E-state index contributed by atoms with van der Waals surface area (Å²) in [5.74, 6) is 1.64. The predicted octanol–water partition coefficient (Wildman–Crippen LogP) is 5.49. The maximum atomic E-state index is 9.97. The molecule has 3 heteroatoms. The Labute approximate surface area is 178 Å². The van der Waals surface area contributed by atoms with Gasteiger partial charge >= 0.3 is 0 Å². The Morgan fingerprint density at radius 2 is 1.97 bits per heavy atom. The molecular formula is C26H43NO2. The highest BCUT2D eigenvalue weighted by Gasteiger charge is 2.49. The van der Waals surface area contributed by atoms with Gasteiger partial charge in [0.25, 0.3) is 0 Å². The van der Waals surface area contributed by atoms with E-state index in [0.29, 0.717) is 5.41 Å². The number of hydrogen-bond acceptors (Lipinski definition) is 3. The van der Waals surface area contributed by atoms with Gasteiger partial charge in [-0.25, -0.2) is 0 Å². The lowest BCUT2D eigenvalue weighted by atomic mass is 9.63. The summed E-state index contributed by atoms with van der Waals surface area (Å²) in [6, 6.07) is 0. The summed E-state index contributed by atoms with van der Waals surface area (Å²) in [5, 5.41) is 9.97. The molecule has 4 fully saturated rings. The van der Waals surface area contributed by atoms with Crippen molar-refractivity contribution in [1.82, 2.24) is 4.90 Å². The predicted molar refractivity (Wildman–Crippen MR) is 120 cm³/mol. The van der Waals surface area contributed by atoms with Gasteiger partial charge in [0.1, 0.15) is 0 Å². The minimum atomic E-state index is -0.106. The molecule has 0 spiro atoms. The monoisotopic (exact) mass is 401 g/mol. The number of hydrogen-bond donors (Lipinski definition) is 1. The maximum Gasteiger partial charge on any atom is 0.0645 e. The first kappa shape index (κ1) is 21.6. The first-order valence-electron chi connectivity index (χ1n) is 12.3. The van der Waals surface area contributed by atoms with E-state index in [2.05, 4.69) is 37.8 Å². The third-order valence-electron chi connectivity index (χ3n) is 8.79. The number of ether oxygens (including phenoxy) is 1. The highest BCUT2D eigenvalue weighted by Crippen LogP contribution is 2.58. The molecule has 3 saturated carbocycles. The molecule has 1 heterocycles. The number of morpholine rings is 1. The lowest BCUT2D eigenvalue weighted by Gasteiger charge is -2.45. The summed E-state index contributed by atoms with van der Waals surface area (Å²) in [6.07, 6.45) is 17.1. The zero-order chi connectivity index (χ0) is 20.5. The van der Waals surface area contributed by atoms with Crippen LogP contribution in [0.25, 0.3) is 0 Å². The number of allylic oxidation sites excluding steroid dienone is 3. The van der Waals surface area contributed by atoms with Crippen molar-refractivity contribution in [3.63, 3.8) is 0 Å². The van der Waals surface area contributed by atoms with Gasteiger partial charge in [0.2, 0.25) is 0 Å². The first-order chi connectivity index (χ1) is 13.9. The lowest BCUT2D eigenvalue weighted by Crippen LogP contribution is -2.53. The second-order valence-electron chi connectivity index (χ2n) is 11.1. The molecule has 164 valence electrons. The Bertz CT molecular complexity index is 637. The summed E-state index contributed by atoms with van der Waals surface area (Å²) in [6.45, 7) is 11.3. The molecule has 0 amide bonds. The lowest BCUT2D eigenvalue weighted by molar-refractivity contribution is -0.0550. The Morgan fingerprint density at radius 1 is 1.10 bits per heavy atom. The van der Waals surface area contributed by atoms with Crippen molar-refractivity contribution in [2.75, 3.05) is 26.3 Å². The van der Waals surface area contributed by atoms with Crippen molar-refractivity contribution in [2.45, 2.75) is 96.6 Å². The zero-order valence-electron chi connectivity index (χ0n) is 19.1. The van der Waals surface area contributed by atoms with Gasteiger partial charge in [-0.15, -0.1) is 0 Å². The van der Waals surface area contributed by atoms with Crippen LogP contribution in [0, 0.1) is 17.3 Å². The molecule has 4 aliphatic rings. The Kier molecular flexibility index (Phi) is 6.58. The van der Waals surface area contributed by atoms with Crippen molar-refractivity contribution in [3.8, 4) is 0 Å². The van der Waals surface area contributed by atoms with Crippen LogP contribution in [0.3, 0.4) is 0 Å². The van der Waals surface area contributed by atoms with Crippen LogP contribution >= 0.6 is 0 Å². The third-order valence-corrected chi connectivity index (χ3v) is 8.79. The van der Waals surface area contributed by atoms with Gasteiger partial charge in [-0.2, -0.15) is 0 Å². The zero-order valence-corrected chi connectivity index (χ0v) is 19.1. The molecule has 29 heavy (non-hydrogen) atoms. The number of nitrogens with zero attached hydrogens (tertiary/aromatic N) is 1. The van der Waals surface area contributed by atoms with E-state index in [9.17, 15) is 5.11 Å². The van der Waals surface area contributed by atoms with Crippen molar-refractivity contribution >= 4 is 0 Å². The summed E-state index contributed by atoms with van der Waals surface area (Å²) in [7, 11) is 0. The van der Waals surface area contributed by atoms with Crippen LogP contribution in [0.4, 0.5) is 0 Å². The SMILES string of the molecule is CC12CCC/C(=C\C=C3\CCC[C@H](O)C3)C1CC[C@@H]2CCN1CCOCC1(C)C. The molecule has 0 radical (unpaired) electrons. The van der Waals surface area contributed by atoms with Gasteiger partial charge in [-0.1, -0.05) is 30.2 Å². The van der Waals surface area contributed by atoms with Crippen molar-refractivity contribution in [1.29, 1.82) is 0 Å². The first-order valence-corrected chi connectivity index (χ1v) is 12.3. The van der Waals surface area contributed by atoms with Crippen LogP contribution in [0.1, 0.15) is 85.0 Å². The normalized spacial score (nSPS) is 41.0. The number of aliphatic hydroxyl groups excluding tert-OH is 1. The molecule has 0 aromatic heterocycles. The second kappa shape index (κ2) is 8.85. The summed E-state index contributed by atoms with van der Waals surface area (Å²) >= 11 is 0. The molecule has 1 N–H and O–H groups in total. The van der Waals surface area contributed by atoms with Crippen LogP contribution in [0.15, 0.2) is 23.3 Å². The molecule has 0 bridgehead atoms. The van der Waals surface area contributed by atoms with E-state index in [1.54, 1.807) is 5.57 Å². The fourth-order valence-corrected chi connectivity index (χ4v) is 6.88. The van der Waals surface area contributed by atoms with Crippen LogP contribution in [0.5, 0.6) is 0 Å². The topological polar surface area (TPSA) is 32.7 Å². The van der Waals surface area contributed by atoms with Crippen molar-refractivity contribution < 1.29 is 9.84 Å². The van der Waals surface area contributed by atoms with Crippen LogP contribution in [-0.2, 0) is 4.74 Å². The highest BCUT2D eigenvalue weighted by molar-refractivity contribution is 5.25. The Morgan fingerprint density at radius 3 is 2.76 bits per heavy atom. The highest BCUT2D eigenvalue weighted by atomic mass is 16.5. The minimum absolute atomic E-state index is 0.106. The summed E-state index contributed by atoms with van der Waals surface area (Å²) < 4.78 is 5.72. The molecule has 4 rings (SSSR count). The van der Waals surface area contributed by atoms with E-state index in [1.807, 2.05) is 0 Å². The van der Waals surface area contributed by atoms with Gasteiger partial charge in [-0.05, 0) is 102 Å². The fourth-order valence-electron chi connectivity index (χ4n) is 6.88. The number of fused-ring (bicyclic) bond motifs is 1. The van der Waals surface area contributed by atoms with Gasteiger partial charge in [0.05, 0.1) is 19.3 Å². The molecule has 4 atom stereocenters.